The molecule has 0 amide bonds. The number of aliphatic carboxylic acids is 1. The number of aliphatic hydroxyl groups excluding tert-OH is 1. The van der Waals surface area contributed by atoms with Gasteiger partial charge in [0.1, 0.15) is 34.5 Å². The van der Waals surface area contributed by atoms with Gasteiger partial charge in [-0.3, -0.25) is 10.2 Å². The lowest BCUT2D eigenvalue weighted by atomic mass is 10.2. The van der Waals surface area contributed by atoms with Crippen LogP contribution in [-0.2, 0) is 9.59 Å². The number of anilines is 1. The minimum atomic E-state index is -5.04. The predicted octanol–water partition coefficient (Wildman–Crippen LogP) is 8.41. The third-order valence-electron chi connectivity index (χ3n) is 4.48. The van der Waals surface area contributed by atoms with Crippen molar-refractivity contribution < 1.29 is 51.2 Å². The average molecular weight is 657 g/mol. The molecule has 2 rings (SSSR count). The van der Waals surface area contributed by atoms with E-state index in [1.54, 1.807) is 27.7 Å². The maximum Gasteiger partial charge on any atom is 0.456 e. The number of carboxylic acid groups (broad SMARTS) is 1. The molecule has 0 unspecified atom stereocenters. The summed E-state index contributed by atoms with van der Waals surface area (Å²) in [5.74, 6) is -5.45. The van der Waals surface area contributed by atoms with Crippen molar-refractivity contribution in [3.63, 3.8) is 0 Å². The van der Waals surface area contributed by atoms with E-state index in [9.17, 15) is 31.5 Å². The van der Waals surface area contributed by atoms with E-state index >= 15 is 0 Å². The zero-order chi connectivity index (χ0) is 33.2. The third-order valence-corrected chi connectivity index (χ3v) is 5.07. The number of benzene rings is 2. The molecule has 0 saturated heterocycles. The number of ether oxygens (including phenoxy) is 2. The molecule has 17 heteroatoms. The highest BCUT2D eigenvalue weighted by Gasteiger charge is 2.40. The van der Waals surface area contributed by atoms with Crippen LogP contribution in [-0.4, -0.2) is 46.1 Å². The van der Waals surface area contributed by atoms with Crippen LogP contribution in [0.25, 0.3) is 0 Å². The SMILES string of the molecule is C/C(=N\Nc1cc(OC(C)C)c(Cl)cc1F)C(=O)C(F)(F)F.CC(O)=C(N=Nc1cc(OC(C)C)c(Cl)cc1F)C(=O)O. The number of alkyl halides is 3. The Balaban J connectivity index is 0.000000430. The predicted molar refractivity (Wildman–Crippen MR) is 150 cm³/mol. The van der Waals surface area contributed by atoms with Gasteiger partial charge in [0.2, 0.25) is 5.70 Å². The molecule has 43 heavy (non-hydrogen) atoms. The van der Waals surface area contributed by atoms with Crippen molar-refractivity contribution in [2.24, 2.45) is 15.3 Å². The van der Waals surface area contributed by atoms with E-state index in [0.717, 1.165) is 32.0 Å². The molecule has 0 radical (unpaired) electrons. The standard InChI is InChI=1S/C13H13ClF4N2O2.C13H14ClFN2O4/c1-6(2)22-11-5-10(9(15)4-8(11)14)20-19-7(3)12(21)13(16,17)18;1-6(2)21-11-5-10(9(15)4-8(11)14)16-17-12(7(3)18)13(19)20/h4-6,20H,1-3H3;4-6,18H,1-3H3,(H,19,20)/b19-7+;. The van der Waals surface area contributed by atoms with Gasteiger partial charge in [-0.15, -0.1) is 10.2 Å². The Bertz CT molecular complexity index is 1430. The van der Waals surface area contributed by atoms with Gasteiger partial charge in [-0.05, 0) is 53.7 Å². The quantitative estimate of drug-likeness (QED) is 0.0582. The zero-order valence-electron chi connectivity index (χ0n) is 23.5. The average Bonchev–Trinajstić information content (AvgIpc) is 2.85. The lowest BCUT2D eigenvalue weighted by Crippen LogP contribution is -2.29. The van der Waals surface area contributed by atoms with Crippen LogP contribution in [0.3, 0.4) is 0 Å². The summed E-state index contributed by atoms with van der Waals surface area (Å²) in [6.07, 6.45) is -5.47. The molecule has 0 aromatic heterocycles. The molecule has 0 bridgehead atoms. The molecule has 236 valence electrons. The van der Waals surface area contributed by atoms with Crippen LogP contribution < -0.4 is 14.9 Å². The third kappa shape index (κ3) is 12.0. The Hall–Kier alpha value is -3.98. The second kappa shape index (κ2) is 16.0. The zero-order valence-corrected chi connectivity index (χ0v) is 25.0. The number of allylic oxidation sites excluding steroid dienone is 1. The van der Waals surface area contributed by atoms with Crippen molar-refractivity contribution in [2.45, 2.75) is 59.9 Å². The Morgan fingerprint density at radius 3 is 1.81 bits per heavy atom. The molecular weight excluding hydrogens is 630 g/mol. The number of carbonyl (C=O) groups excluding carboxylic acids is 1. The highest BCUT2D eigenvalue weighted by molar-refractivity contribution is 6.41. The minimum Gasteiger partial charge on any atom is -0.510 e. The molecule has 2 aromatic carbocycles. The van der Waals surface area contributed by atoms with E-state index in [1.165, 1.54) is 6.07 Å². The number of carbonyl (C=O) groups is 2. The van der Waals surface area contributed by atoms with Gasteiger partial charge < -0.3 is 19.7 Å². The number of azo groups is 1. The number of hydrogen-bond donors (Lipinski definition) is 3. The van der Waals surface area contributed by atoms with Crippen LogP contribution in [0.2, 0.25) is 10.0 Å². The summed E-state index contributed by atoms with van der Waals surface area (Å²) < 4.78 is 74.6. The molecule has 2 aromatic rings. The van der Waals surface area contributed by atoms with Crippen molar-refractivity contribution in [2.75, 3.05) is 5.43 Å². The van der Waals surface area contributed by atoms with E-state index in [2.05, 4.69) is 20.8 Å². The van der Waals surface area contributed by atoms with E-state index in [0.29, 0.717) is 0 Å². The molecule has 0 spiro atoms. The van der Waals surface area contributed by atoms with E-state index in [4.69, 9.17) is 42.9 Å². The van der Waals surface area contributed by atoms with Crippen molar-refractivity contribution in [1.29, 1.82) is 0 Å². The fourth-order valence-corrected chi connectivity index (χ4v) is 3.06. The Morgan fingerprint density at radius 1 is 0.884 bits per heavy atom. The first-order chi connectivity index (χ1) is 19.7. The number of hydrogen-bond acceptors (Lipinski definition) is 9. The first kappa shape index (κ1) is 37.0. The lowest BCUT2D eigenvalue weighted by molar-refractivity contribution is -0.163. The maximum absolute atomic E-state index is 13.7. The number of ketones is 1. The van der Waals surface area contributed by atoms with Crippen molar-refractivity contribution in [3.05, 3.63) is 57.4 Å². The van der Waals surface area contributed by atoms with Gasteiger partial charge in [-0.1, -0.05) is 23.2 Å². The molecular formula is C26H27Cl2F5N4O6. The Morgan fingerprint density at radius 2 is 1.37 bits per heavy atom. The number of nitrogens with zero attached hydrogens (tertiary/aromatic N) is 3. The normalized spacial score (nSPS) is 12.6. The van der Waals surface area contributed by atoms with Gasteiger partial charge >= 0.3 is 12.1 Å². The van der Waals surface area contributed by atoms with E-state index in [-0.39, 0.29) is 45.1 Å². The first-order valence-electron chi connectivity index (χ1n) is 12.0. The van der Waals surface area contributed by atoms with Crippen LogP contribution in [0.1, 0.15) is 41.5 Å². The van der Waals surface area contributed by atoms with Crippen molar-refractivity contribution in [1.82, 2.24) is 0 Å². The summed E-state index contributed by atoms with van der Waals surface area (Å²) in [5, 5.41) is 28.0. The molecule has 0 heterocycles. The largest absolute Gasteiger partial charge is 0.510 e. The molecule has 3 N–H and O–H groups in total. The number of halogens is 7. The van der Waals surface area contributed by atoms with Gasteiger partial charge in [0.25, 0.3) is 5.78 Å². The smallest absolute Gasteiger partial charge is 0.456 e. The summed E-state index contributed by atoms with van der Waals surface area (Å²) in [4.78, 5) is 21.7. The highest BCUT2D eigenvalue weighted by Crippen LogP contribution is 2.33. The number of Topliss-reactive ketones (excluding diaryl/α,β-unsaturated/α-hetero) is 1. The minimum absolute atomic E-state index is 0.00354. The van der Waals surface area contributed by atoms with Crippen LogP contribution in [0.4, 0.5) is 33.3 Å². The monoisotopic (exact) mass is 656 g/mol. The highest BCUT2D eigenvalue weighted by atomic mass is 35.5. The molecule has 10 nitrogen and oxygen atoms in total. The summed E-state index contributed by atoms with van der Waals surface area (Å²) in [5.41, 5.74) is -0.00172. The summed E-state index contributed by atoms with van der Waals surface area (Å²) in [7, 11) is 0. The number of nitrogens with one attached hydrogen (secondary N) is 1. The van der Waals surface area contributed by atoms with Crippen LogP contribution >= 0.6 is 23.2 Å². The molecule has 0 aliphatic carbocycles. The Labute approximate surface area is 252 Å². The summed E-state index contributed by atoms with van der Waals surface area (Å²) >= 11 is 11.6. The molecule has 0 atom stereocenters. The second-order valence-electron chi connectivity index (χ2n) is 8.90. The Kier molecular flexibility index (Phi) is 13.8. The van der Waals surface area contributed by atoms with Gasteiger partial charge in [-0.2, -0.15) is 18.3 Å². The molecule has 0 aliphatic heterocycles. The molecule has 0 fully saturated rings. The summed E-state index contributed by atoms with van der Waals surface area (Å²) in [6.45, 7) is 8.97. The van der Waals surface area contributed by atoms with E-state index < -0.39 is 46.7 Å². The maximum atomic E-state index is 13.7. The lowest BCUT2D eigenvalue weighted by Gasteiger charge is -2.13. The fourth-order valence-electron chi connectivity index (χ4n) is 2.67. The number of hydrazone groups is 1. The van der Waals surface area contributed by atoms with Gasteiger partial charge in [0.05, 0.1) is 27.9 Å². The van der Waals surface area contributed by atoms with Gasteiger partial charge in [0.15, 0.2) is 5.82 Å². The van der Waals surface area contributed by atoms with Crippen LogP contribution in [0.15, 0.2) is 51.1 Å². The fraction of sp³-hybridized carbons (Fsp3) is 0.346. The molecule has 0 saturated carbocycles. The van der Waals surface area contributed by atoms with Crippen LogP contribution in [0, 0.1) is 11.6 Å². The topological polar surface area (TPSA) is 142 Å². The number of rotatable bonds is 10. The van der Waals surface area contributed by atoms with Gasteiger partial charge in [-0.25, -0.2) is 13.6 Å². The van der Waals surface area contributed by atoms with Crippen LogP contribution in [0.5, 0.6) is 11.5 Å². The van der Waals surface area contributed by atoms with Gasteiger partial charge in [0, 0.05) is 12.1 Å². The second-order valence-corrected chi connectivity index (χ2v) is 9.72. The van der Waals surface area contributed by atoms with Crippen molar-refractivity contribution >= 4 is 52.0 Å². The first-order valence-corrected chi connectivity index (χ1v) is 12.8. The van der Waals surface area contributed by atoms with E-state index in [1.807, 2.05) is 0 Å². The number of carboxylic acids is 1. The summed E-state index contributed by atoms with van der Waals surface area (Å²) in [6, 6.07) is 4.27. The van der Waals surface area contributed by atoms with Crippen molar-refractivity contribution in [3.8, 4) is 11.5 Å². The number of aliphatic hydroxyl groups is 1. The molecule has 0 aliphatic rings.